The summed E-state index contributed by atoms with van der Waals surface area (Å²) in [6.45, 7) is -0.905. The molecule has 4 aromatic rings. The third kappa shape index (κ3) is 5.08. The lowest BCUT2D eigenvalue weighted by Gasteiger charge is -2.22. The molecule has 1 N–H and O–H groups in total. The zero-order valence-electron chi connectivity index (χ0n) is 20.8. The number of nitrogens with zero attached hydrogens (tertiary/aromatic N) is 2. The highest BCUT2D eigenvalue weighted by atomic mass is 35.5. The lowest BCUT2D eigenvalue weighted by atomic mass is 10.0. The summed E-state index contributed by atoms with van der Waals surface area (Å²) in [5, 5.41) is 11.2. The number of ketones is 1. The monoisotopic (exact) mass is 586 g/mol. The first-order valence-electron chi connectivity index (χ1n) is 12.1. The van der Waals surface area contributed by atoms with Crippen LogP contribution in [0, 0.1) is 0 Å². The Hall–Kier alpha value is -3.21. The Morgan fingerprint density at radius 2 is 1.69 bits per heavy atom. The van der Waals surface area contributed by atoms with E-state index in [1.54, 1.807) is 0 Å². The van der Waals surface area contributed by atoms with Crippen molar-refractivity contribution in [2.75, 3.05) is 13.2 Å². The second kappa shape index (κ2) is 10.7. The molecule has 1 aliphatic heterocycles. The van der Waals surface area contributed by atoms with Crippen LogP contribution in [0.2, 0.25) is 10.0 Å². The third-order valence-corrected chi connectivity index (χ3v) is 9.39. The van der Waals surface area contributed by atoms with Gasteiger partial charge in [-0.3, -0.25) is 9.59 Å². The van der Waals surface area contributed by atoms with Crippen LogP contribution in [0.5, 0.6) is 0 Å². The van der Waals surface area contributed by atoms with E-state index in [1.807, 2.05) is 66.2 Å². The highest BCUT2D eigenvalue weighted by Gasteiger charge is 2.44. The minimum Gasteiger partial charge on any atom is -0.456 e. The smallest absolute Gasteiger partial charge is 0.325 e. The van der Waals surface area contributed by atoms with Crippen LogP contribution in [0.4, 0.5) is 0 Å². The first-order valence-corrected chi connectivity index (χ1v) is 14.3. The van der Waals surface area contributed by atoms with Gasteiger partial charge in [0.05, 0.1) is 32.3 Å². The van der Waals surface area contributed by atoms with Crippen LogP contribution in [0.25, 0.3) is 22.2 Å². The van der Waals surface area contributed by atoms with Gasteiger partial charge in [0.25, 0.3) is 0 Å². The number of rotatable bonds is 7. The van der Waals surface area contributed by atoms with Crippen LogP contribution >= 0.6 is 23.2 Å². The number of carbonyl (C=O) groups is 2. The zero-order chi connectivity index (χ0) is 27.9. The van der Waals surface area contributed by atoms with Crippen molar-refractivity contribution >= 4 is 55.9 Å². The molecule has 1 fully saturated rings. The van der Waals surface area contributed by atoms with Gasteiger partial charge in [-0.05, 0) is 29.8 Å². The zero-order valence-corrected chi connectivity index (χ0v) is 23.1. The van der Waals surface area contributed by atoms with E-state index in [1.165, 1.54) is 18.2 Å². The number of sulfonamides is 1. The molecule has 0 unspecified atom stereocenters. The lowest BCUT2D eigenvalue weighted by molar-refractivity contribution is -0.146. The molecule has 1 aliphatic rings. The van der Waals surface area contributed by atoms with Crippen molar-refractivity contribution in [3.63, 3.8) is 0 Å². The van der Waals surface area contributed by atoms with Gasteiger partial charge in [0.1, 0.15) is 6.04 Å². The molecular formula is C28H24Cl2N2O6S. The number of hydrogen-bond donors (Lipinski definition) is 1. The Morgan fingerprint density at radius 1 is 1.00 bits per heavy atom. The van der Waals surface area contributed by atoms with Gasteiger partial charge >= 0.3 is 5.97 Å². The number of carbonyl (C=O) groups excluding carboxylic acids is 2. The van der Waals surface area contributed by atoms with Gasteiger partial charge in [0.15, 0.2) is 6.61 Å². The first-order chi connectivity index (χ1) is 18.6. The lowest BCUT2D eigenvalue weighted by Crippen LogP contribution is -2.41. The van der Waals surface area contributed by atoms with Crippen molar-refractivity contribution in [2.45, 2.75) is 23.5 Å². The number of hydrogen-bond acceptors (Lipinski definition) is 6. The van der Waals surface area contributed by atoms with Crippen molar-refractivity contribution in [1.29, 1.82) is 0 Å². The van der Waals surface area contributed by atoms with E-state index in [0.717, 1.165) is 15.4 Å². The Kier molecular flexibility index (Phi) is 7.54. The second-order valence-electron chi connectivity index (χ2n) is 9.25. The summed E-state index contributed by atoms with van der Waals surface area (Å²) < 4.78 is 34.8. The number of halogens is 2. The van der Waals surface area contributed by atoms with E-state index in [0.29, 0.717) is 16.6 Å². The summed E-state index contributed by atoms with van der Waals surface area (Å²) in [5.41, 5.74) is 2.74. The molecule has 202 valence electrons. The Balaban J connectivity index is 1.41. The van der Waals surface area contributed by atoms with Crippen molar-refractivity contribution in [2.24, 2.45) is 7.05 Å². The average Bonchev–Trinajstić information content (AvgIpc) is 3.47. The van der Waals surface area contributed by atoms with Gasteiger partial charge in [-0.25, -0.2) is 8.42 Å². The van der Waals surface area contributed by atoms with Gasteiger partial charge in [0, 0.05) is 30.9 Å². The minimum atomic E-state index is -4.22. The number of aryl methyl sites for hydroxylation is 1. The number of aliphatic hydroxyl groups is 1. The van der Waals surface area contributed by atoms with E-state index in [9.17, 15) is 23.1 Å². The Morgan fingerprint density at radius 3 is 2.41 bits per heavy atom. The van der Waals surface area contributed by atoms with Gasteiger partial charge < -0.3 is 14.4 Å². The standard InChI is InChI=1S/C28H24Cl2N2O6S/c1-31-23-10-6-5-9-20(23)26(27(31)17-7-3-2-4-8-17)25(34)16-38-28(35)24-13-18(33)15-32(24)39(36,37)19-11-12-21(29)22(30)14-19/h2-12,14,18,24,33H,13,15-16H2,1H3/t18-,24+/m1/s1. The predicted molar refractivity (Wildman–Crippen MR) is 148 cm³/mol. The summed E-state index contributed by atoms with van der Waals surface area (Å²) in [5.74, 6) is -1.36. The van der Waals surface area contributed by atoms with E-state index in [2.05, 4.69) is 0 Å². The molecule has 0 spiro atoms. The van der Waals surface area contributed by atoms with Gasteiger partial charge in [-0.15, -0.1) is 0 Å². The van der Waals surface area contributed by atoms with Crippen LogP contribution in [0.3, 0.4) is 0 Å². The maximum Gasteiger partial charge on any atom is 0.325 e. The summed E-state index contributed by atoms with van der Waals surface area (Å²) in [6.07, 6.45) is -1.25. The molecular weight excluding hydrogens is 563 g/mol. The predicted octanol–water partition coefficient (Wildman–Crippen LogP) is 4.70. The summed E-state index contributed by atoms with van der Waals surface area (Å²) in [6, 6.07) is 19.3. The topological polar surface area (TPSA) is 106 Å². The number of aromatic nitrogens is 1. The van der Waals surface area contributed by atoms with Crippen molar-refractivity contribution in [1.82, 2.24) is 8.87 Å². The SMILES string of the molecule is Cn1c(-c2ccccc2)c(C(=O)COC(=O)[C@@H]2C[C@@H](O)CN2S(=O)(=O)c2ccc(Cl)c(Cl)c2)c2ccccc21. The molecule has 8 nitrogen and oxygen atoms in total. The average molecular weight is 587 g/mol. The van der Waals surface area contributed by atoms with Gasteiger partial charge in [-0.1, -0.05) is 71.7 Å². The van der Waals surface area contributed by atoms with Crippen molar-refractivity contribution in [3.05, 3.63) is 88.4 Å². The third-order valence-electron chi connectivity index (χ3n) is 6.78. The maximum atomic E-state index is 13.5. The molecule has 1 aromatic heterocycles. The van der Waals surface area contributed by atoms with Crippen LogP contribution in [-0.2, 0) is 26.6 Å². The molecule has 39 heavy (non-hydrogen) atoms. The molecule has 11 heteroatoms. The summed E-state index contributed by atoms with van der Waals surface area (Å²) in [7, 11) is -2.36. The molecule has 5 rings (SSSR count). The number of para-hydroxylation sites is 1. The minimum absolute atomic E-state index is 0.0338. The molecule has 1 saturated heterocycles. The Labute approximate surface area is 235 Å². The van der Waals surface area contributed by atoms with E-state index < -0.39 is 40.5 Å². The van der Waals surface area contributed by atoms with Gasteiger partial charge in [-0.2, -0.15) is 4.31 Å². The fourth-order valence-corrected chi connectivity index (χ4v) is 6.97. The largest absolute Gasteiger partial charge is 0.456 e. The van der Waals surface area contributed by atoms with Crippen LogP contribution in [-0.4, -0.2) is 59.4 Å². The number of aliphatic hydroxyl groups excluding tert-OH is 1. The summed E-state index contributed by atoms with van der Waals surface area (Å²) >= 11 is 11.9. The summed E-state index contributed by atoms with van der Waals surface area (Å²) in [4.78, 5) is 26.5. The Bertz CT molecular complexity index is 1690. The van der Waals surface area contributed by atoms with Crippen LogP contribution in [0.1, 0.15) is 16.8 Å². The number of benzene rings is 3. The van der Waals surface area contributed by atoms with Crippen molar-refractivity contribution in [3.8, 4) is 11.3 Å². The van der Waals surface area contributed by atoms with Crippen molar-refractivity contribution < 1.29 is 27.9 Å². The molecule has 0 bridgehead atoms. The molecule has 2 heterocycles. The number of ether oxygens (including phenoxy) is 1. The maximum absolute atomic E-state index is 13.5. The van der Waals surface area contributed by atoms with Crippen LogP contribution < -0.4 is 0 Å². The first kappa shape index (κ1) is 27.4. The quantitative estimate of drug-likeness (QED) is 0.248. The second-order valence-corrected chi connectivity index (χ2v) is 12.0. The number of esters is 1. The molecule has 0 saturated carbocycles. The number of β-amino-alcohol motifs (C(OH)–C–C–N with tert-alkyl or cyclic N) is 1. The van der Waals surface area contributed by atoms with E-state index >= 15 is 0 Å². The molecule has 3 aromatic carbocycles. The molecule has 0 aliphatic carbocycles. The normalized spacial score (nSPS) is 17.9. The molecule has 0 amide bonds. The molecule has 2 atom stereocenters. The molecule has 0 radical (unpaired) electrons. The van der Waals surface area contributed by atoms with Crippen LogP contribution in [0.15, 0.2) is 77.7 Å². The fourth-order valence-electron chi connectivity index (χ4n) is 4.95. The highest BCUT2D eigenvalue weighted by Crippen LogP contribution is 2.34. The number of fused-ring (bicyclic) bond motifs is 1. The van der Waals surface area contributed by atoms with Gasteiger partial charge in [0.2, 0.25) is 15.8 Å². The van der Waals surface area contributed by atoms with E-state index in [4.69, 9.17) is 27.9 Å². The van der Waals surface area contributed by atoms with E-state index in [-0.39, 0.29) is 27.9 Å². The fraction of sp³-hybridized carbons (Fsp3) is 0.214. The highest BCUT2D eigenvalue weighted by molar-refractivity contribution is 7.89. The number of Topliss-reactive ketones (excluding diaryl/α,β-unsaturated/α-hetero) is 1.